The van der Waals surface area contributed by atoms with Crippen LogP contribution in [0.1, 0.15) is 184 Å². The van der Waals surface area contributed by atoms with Gasteiger partial charge in [0.2, 0.25) is 0 Å². The highest BCUT2D eigenvalue weighted by atomic mass is 32.1. The smallest absolute Gasteiger partial charge is 0.266 e. The topological polar surface area (TPSA) is 6.48 Å². The average Bonchev–Trinajstić information content (AvgIpc) is 3.80. The van der Waals surface area contributed by atoms with Gasteiger partial charge < -0.3 is 9.80 Å². The second-order valence-electron chi connectivity index (χ2n) is 22.6. The Balaban J connectivity index is 1.54. The van der Waals surface area contributed by atoms with Gasteiger partial charge in [0.05, 0.1) is 16.4 Å². The molecule has 304 valence electrons. The molecule has 0 spiro atoms. The van der Waals surface area contributed by atoms with E-state index in [9.17, 15) is 8.22 Å². The molecule has 2 nitrogen and oxygen atoms in total. The minimum absolute atomic E-state index is 0.0606. The van der Waals surface area contributed by atoms with Gasteiger partial charge in [-0.1, -0.05) is 121 Å². The van der Waals surface area contributed by atoms with Crippen LogP contribution in [0.15, 0.2) is 48.5 Å². The number of hydrogen-bond donors (Lipinski definition) is 0. The Hall–Kier alpha value is -3.28. The summed E-state index contributed by atoms with van der Waals surface area (Å²) in [5.41, 5.74) is 8.05. The Bertz CT molecular complexity index is 2820. The van der Waals surface area contributed by atoms with Gasteiger partial charge in [-0.15, -0.1) is 11.3 Å². The highest BCUT2D eigenvalue weighted by molar-refractivity contribution is 7.31. The van der Waals surface area contributed by atoms with Crippen molar-refractivity contribution in [3.8, 4) is 0 Å². The number of aryl methyl sites for hydroxylation is 3. The van der Waals surface area contributed by atoms with E-state index in [1.165, 1.54) is 31.2 Å². The van der Waals surface area contributed by atoms with E-state index in [2.05, 4.69) is 105 Å². The van der Waals surface area contributed by atoms with Gasteiger partial charge in [0.25, 0.3) is 6.71 Å². The van der Waals surface area contributed by atoms with E-state index in [1.54, 1.807) is 29.5 Å². The molecule has 0 atom stereocenters. The zero-order valence-electron chi connectivity index (χ0n) is 46.2. The van der Waals surface area contributed by atoms with Gasteiger partial charge in [0, 0.05) is 43.9 Å². The average molecular weight is 816 g/mol. The van der Waals surface area contributed by atoms with Crippen LogP contribution in [0.3, 0.4) is 0 Å². The minimum atomic E-state index is -2.73. The molecule has 0 saturated heterocycles. The van der Waals surface area contributed by atoms with E-state index in [1.807, 2.05) is 43.1 Å². The SMILES string of the molecule is [2H]C([2H])([2H])c1cc2c3c(c1)N(c1c(C([2H])([2H])[2H])cc(C(C)(C)C)cc1C([2H])([2H])[2H])c1sc4c(c1B3c1sc3c(c1N2c1ccc(C(C)(C)C)cc1)C(C)(C)CCC3(C)C)C(C)(C)CCC4(C)C. The number of hydrogen-bond acceptors (Lipinski definition) is 4. The molecule has 0 saturated carbocycles. The third-order valence-electron chi connectivity index (χ3n) is 14.2. The summed E-state index contributed by atoms with van der Waals surface area (Å²) in [6.45, 7) is 22.8. The quantitative estimate of drug-likeness (QED) is 0.160. The largest absolute Gasteiger partial charge is 0.310 e. The van der Waals surface area contributed by atoms with Crippen molar-refractivity contribution in [3.63, 3.8) is 0 Å². The first-order chi connectivity index (χ1) is 30.4. The molecule has 0 bridgehead atoms. The van der Waals surface area contributed by atoms with E-state index in [0.717, 1.165) is 58.7 Å². The van der Waals surface area contributed by atoms with Crippen LogP contribution in [0.2, 0.25) is 0 Å². The summed E-state index contributed by atoms with van der Waals surface area (Å²) in [7, 11) is 0. The van der Waals surface area contributed by atoms with Gasteiger partial charge >= 0.3 is 0 Å². The standard InChI is InChI=1S/C53H67BN2S2/c1-30-26-36-40-37(27-30)56(42-31(2)28-34(29-32(42)3)49(7,8)9)47-41(38-44(58-47)52(14,15)24-22-50(38,10)11)54(40)46-43(39-45(57-46)53(16,17)25-23-51(39,12)13)55(36)35-20-18-33(19-21-35)48(4,5)6/h18-21,26-29H,22-25H2,1-17H3/i1D3,2D3,3D3. The molecule has 5 heteroatoms. The Morgan fingerprint density at radius 3 is 1.62 bits per heavy atom. The molecule has 2 aliphatic carbocycles. The third kappa shape index (κ3) is 5.74. The molecule has 0 radical (unpaired) electrons. The minimum Gasteiger partial charge on any atom is -0.310 e. The van der Waals surface area contributed by atoms with E-state index < -0.39 is 26.0 Å². The molecule has 0 unspecified atom stereocenters. The summed E-state index contributed by atoms with van der Waals surface area (Å²) in [4.78, 5) is 6.79. The van der Waals surface area contributed by atoms with Crippen LogP contribution in [0, 0.1) is 20.6 Å². The molecular formula is C53H67BN2S2. The van der Waals surface area contributed by atoms with E-state index in [4.69, 9.17) is 4.11 Å². The van der Waals surface area contributed by atoms with E-state index in [-0.39, 0.29) is 56.2 Å². The molecule has 2 aromatic heterocycles. The maximum atomic E-state index is 9.21. The number of anilines is 6. The lowest BCUT2D eigenvalue weighted by molar-refractivity contribution is 0.339. The first kappa shape index (κ1) is 30.7. The number of nitrogens with zero attached hydrogens (tertiary/aromatic N) is 2. The molecule has 4 aliphatic rings. The molecule has 0 amide bonds. The van der Waals surface area contributed by atoms with E-state index >= 15 is 0 Å². The summed E-state index contributed by atoms with van der Waals surface area (Å²) >= 11 is 3.53. The summed E-state index contributed by atoms with van der Waals surface area (Å²) in [5, 5.41) is 0.775. The van der Waals surface area contributed by atoms with Crippen molar-refractivity contribution < 1.29 is 12.3 Å². The van der Waals surface area contributed by atoms with Crippen LogP contribution in [-0.2, 0) is 32.5 Å². The monoisotopic (exact) mass is 816 g/mol. The van der Waals surface area contributed by atoms with Gasteiger partial charge in [0.1, 0.15) is 0 Å². The van der Waals surface area contributed by atoms with Crippen molar-refractivity contribution >= 4 is 78.5 Å². The second-order valence-corrected chi connectivity index (χ2v) is 24.6. The maximum Gasteiger partial charge on any atom is 0.266 e. The van der Waals surface area contributed by atoms with Gasteiger partial charge in [-0.3, -0.25) is 0 Å². The van der Waals surface area contributed by atoms with Crippen molar-refractivity contribution in [2.45, 2.75) is 176 Å². The summed E-state index contributed by atoms with van der Waals surface area (Å²) in [6, 6.07) is 15.7. The van der Waals surface area contributed by atoms with Crippen LogP contribution in [0.5, 0.6) is 0 Å². The highest BCUT2D eigenvalue weighted by Gasteiger charge is 2.54. The zero-order valence-corrected chi connectivity index (χ0v) is 38.9. The predicted octanol–water partition coefficient (Wildman–Crippen LogP) is 14.1. The van der Waals surface area contributed by atoms with Crippen LogP contribution < -0.4 is 25.5 Å². The molecule has 3 aromatic carbocycles. The fourth-order valence-corrected chi connectivity index (χ4v) is 13.9. The Kier molecular flexibility index (Phi) is 6.57. The summed E-state index contributed by atoms with van der Waals surface area (Å²) in [5.74, 6) is 0. The van der Waals surface area contributed by atoms with Gasteiger partial charge in [-0.05, 0) is 153 Å². The van der Waals surface area contributed by atoms with Crippen molar-refractivity contribution in [3.05, 3.63) is 97.2 Å². The molecule has 0 fully saturated rings. The fraction of sp³-hybridized carbons (Fsp3) is 0.509. The molecule has 4 heterocycles. The van der Waals surface area contributed by atoms with Gasteiger partial charge in [0.15, 0.2) is 0 Å². The zero-order chi connectivity index (χ0) is 49.5. The second kappa shape index (κ2) is 12.4. The van der Waals surface area contributed by atoms with E-state index in [0.29, 0.717) is 11.3 Å². The normalized spacial score (nSPS) is 22.6. The third-order valence-corrected chi connectivity index (χ3v) is 17.4. The van der Waals surface area contributed by atoms with Crippen molar-refractivity contribution in [1.29, 1.82) is 0 Å². The lowest BCUT2D eigenvalue weighted by Crippen LogP contribution is -2.62. The van der Waals surface area contributed by atoms with Crippen LogP contribution in [0.25, 0.3) is 0 Å². The summed E-state index contributed by atoms with van der Waals surface area (Å²) < 4.78 is 83.8. The molecule has 2 aliphatic heterocycles. The van der Waals surface area contributed by atoms with Crippen LogP contribution in [-0.4, -0.2) is 6.71 Å². The molecular weight excluding hydrogens is 740 g/mol. The first-order valence-corrected chi connectivity index (χ1v) is 23.0. The number of benzene rings is 3. The Morgan fingerprint density at radius 1 is 0.569 bits per heavy atom. The predicted molar refractivity (Wildman–Crippen MR) is 258 cm³/mol. The van der Waals surface area contributed by atoms with Crippen LogP contribution >= 0.6 is 22.7 Å². The Labute approximate surface area is 372 Å². The molecule has 58 heavy (non-hydrogen) atoms. The van der Waals surface area contributed by atoms with Crippen molar-refractivity contribution in [1.82, 2.24) is 0 Å². The number of thiophene rings is 2. The fourth-order valence-electron chi connectivity index (χ4n) is 10.5. The molecule has 9 rings (SSSR count). The number of rotatable bonds is 2. The molecule has 5 aromatic rings. The summed E-state index contributed by atoms with van der Waals surface area (Å²) in [6.07, 6.45) is 3.88. The molecule has 0 N–H and O–H groups in total. The first-order valence-electron chi connectivity index (χ1n) is 25.8. The van der Waals surface area contributed by atoms with Crippen LogP contribution in [0.4, 0.5) is 33.4 Å². The lowest BCUT2D eigenvalue weighted by Gasteiger charge is -2.46. The maximum absolute atomic E-state index is 9.21. The van der Waals surface area contributed by atoms with Crippen molar-refractivity contribution in [2.75, 3.05) is 9.80 Å². The highest BCUT2D eigenvalue weighted by Crippen LogP contribution is 2.59. The van der Waals surface area contributed by atoms with Gasteiger partial charge in [-0.2, -0.15) is 11.3 Å². The van der Waals surface area contributed by atoms with Crippen molar-refractivity contribution in [2.24, 2.45) is 0 Å². The Morgan fingerprint density at radius 2 is 1.09 bits per heavy atom. The lowest BCUT2D eigenvalue weighted by atomic mass is 9.35. The van der Waals surface area contributed by atoms with Gasteiger partial charge in [-0.25, -0.2) is 0 Å². The number of fused-ring (bicyclic) bond motifs is 8.